The van der Waals surface area contributed by atoms with E-state index < -0.39 is 4.92 Å². The molecule has 1 atom stereocenters. The third kappa shape index (κ3) is 2.93. The van der Waals surface area contributed by atoms with Crippen LogP contribution in [-0.2, 0) is 0 Å². The van der Waals surface area contributed by atoms with E-state index in [4.69, 9.17) is 11.6 Å². The zero-order valence-corrected chi connectivity index (χ0v) is 9.78. The van der Waals surface area contributed by atoms with E-state index in [0.29, 0.717) is 0 Å². The first kappa shape index (κ1) is 12.0. The second-order valence-corrected chi connectivity index (χ2v) is 5.02. The quantitative estimate of drug-likeness (QED) is 0.437. The molecule has 0 heterocycles. The largest absolute Gasteiger partial charge is 0.269 e. The second-order valence-electron chi connectivity index (χ2n) is 4.58. The number of nitrogens with zero attached hydrogens (tertiary/aromatic N) is 1. The highest BCUT2D eigenvalue weighted by molar-refractivity contribution is 6.21. The number of alkyl halides is 1. The van der Waals surface area contributed by atoms with Gasteiger partial charge in [0.05, 0.1) is 10.3 Å². The van der Waals surface area contributed by atoms with Crippen LogP contribution in [-0.4, -0.2) is 4.92 Å². The van der Waals surface area contributed by atoms with E-state index in [1.54, 1.807) is 6.07 Å². The molecule has 0 amide bonds. The first-order chi connectivity index (χ1) is 6.82. The van der Waals surface area contributed by atoms with Crippen LogP contribution in [0.2, 0.25) is 0 Å². The minimum atomic E-state index is -0.407. The van der Waals surface area contributed by atoms with E-state index in [1.807, 2.05) is 26.8 Å². The van der Waals surface area contributed by atoms with Gasteiger partial charge in [-0.3, -0.25) is 10.1 Å². The van der Waals surface area contributed by atoms with Crippen LogP contribution in [0.25, 0.3) is 0 Å². The molecular formula is C11H14ClNO2. The van der Waals surface area contributed by atoms with Crippen LogP contribution < -0.4 is 0 Å². The van der Waals surface area contributed by atoms with Crippen molar-refractivity contribution >= 4 is 17.3 Å². The standard InChI is InChI=1S/C11H14ClNO2/c1-11(2,3)10(12)8-5-4-6-9(7-8)13(14)15/h4-7,10H,1-3H3. The highest BCUT2D eigenvalue weighted by atomic mass is 35.5. The van der Waals surface area contributed by atoms with Gasteiger partial charge in [0.15, 0.2) is 0 Å². The van der Waals surface area contributed by atoms with Gasteiger partial charge in [-0.15, -0.1) is 11.6 Å². The highest BCUT2D eigenvalue weighted by Gasteiger charge is 2.24. The molecule has 0 radical (unpaired) electrons. The summed E-state index contributed by atoms with van der Waals surface area (Å²) < 4.78 is 0. The lowest BCUT2D eigenvalue weighted by Gasteiger charge is -2.25. The van der Waals surface area contributed by atoms with Crippen molar-refractivity contribution in [3.05, 3.63) is 39.9 Å². The maximum absolute atomic E-state index is 10.6. The fourth-order valence-electron chi connectivity index (χ4n) is 1.30. The van der Waals surface area contributed by atoms with Crippen molar-refractivity contribution in [3.8, 4) is 0 Å². The molecule has 1 aromatic rings. The number of hydrogen-bond acceptors (Lipinski definition) is 2. The van der Waals surface area contributed by atoms with Crippen molar-refractivity contribution in [1.82, 2.24) is 0 Å². The monoisotopic (exact) mass is 227 g/mol. The van der Waals surface area contributed by atoms with E-state index in [0.717, 1.165) is 5.56 Å². The SMILES string of the molecule is CC(C)(C)C(Cl)c1cccc([N+](=O)[O-])c1. The van der Waals surface area contributed by atoms with Gasteiger partial charge in [0, 0.05) is 12.1 Å². The zero-order chi connectivity index (χ0) is 11.6. The molecule has 1 rings (SSSR count). The Hall–Kier alpha value is -1.09. The van der Waals surface area contributed by atoms with Crippen LogP contribution >= 0.6 is 11.6 Å². The smallest absolute Gasteiger partial charge is 0.258 e. The van der Waals surface area contributed by atoms with Crippen molar-refractivity contribution in [1.29, 1.82) is 0 Å². The maximum Gasteiger partial charge on any atom is 0.269 e. The summed E-state index contributed by atoms with van der Waals surface area (Å²) in [7, 11) is 0. The minimum Gasteiger partial charge on any atom is -0.258 e. The summed E-state index contributed by atoms with van der Waals surface area (Å²) in [5, 5.41) is 10.4. The van der Waals surface area contributed by atoms with Gasteiger partial charge in [0.2, 0.25) is 0 Å². The number of nitro groups is 1. The van der Waals surface area contributed by atoms with E-state index in [2.05, 4.69) is 0 Å². The molecule has 82 valence electrons. The van der Waals surface area contributed by atoms with Crippen LogP contribution in [0.5, 0.6) is 0 Å². The summed E-state index contributed by atoms with van der Waals surface area (Å²) in [5.74, 6) is 0. The van der Waals surface area contributed by atoms with Gasteiger partial charge < -0.3 is 0 Å². The van der Waals surface area contributed by atoms with Crippen LogP contribution in [0, 0.1) is 15.5 Å². The molecule has 0 aromatic heterocycles. The zero-order valence-electron chi connectivity index (χ0n) is 9.03. The number of non-ortho nitro benzene ring substituents is 1. The minimum absolute atomic E-state index is 0.0856. The number of benzene rings is 1. The molecule has 0 aliphatic rings. The van der Waals surface area contributed by atoms with Gasteiger partial charge in [-0.1, -0.05) is 32.9 Å². The molecule has 0 bridgehead atoms. The Morgan fingerprint density at radius 1 is 1.40 bits per heavy atom. The average Bonchev–Trinajstić information content (AvgIpc) is 2.15. The molecule has 0 N–H and O–H groups in total. The number of rotatable bonds is 2. The van der Waals surface area contributed by atoms with E-state index >= 15 is 0 Å². The first-order valence-electron chi connectivity index (χ1n) is 4.71. The Morgan fingerprint density at radius 3 is 2.47 bits per heavy atom. The normalized spacial score (nSPS) is 13.6. The van der Waals surface area contributed by atoms with Gasteiger partial charge in [-0.2, -0.15) is 0 Å². The van der Waals surface area contributed by atoms with Crippen molar-refractivity contribution in [2.75, 3.05) is 0 Å². The molecule has 1 unspecified atom stereocenters. The predicted octanol–water partition coefficient (Wildman–Crippen LogP) is 3.92. The van der Waals surface area contributed by atoms with Crippen molar-refractivity contribution < 1.29 is 4.92 Å². The van der Waals surface area contributed by atoms with Gasteiger partial charge in [-0.05, 0) is 11.0 Å². The van der Waals surface area contributed by atoms with Gasteiger partial charge in [0.25, 0.3) is 5.69 Å². The van der Waals surface area contributed by atoms with Crippen molar-refractivity contribution in [2.45, 2.75) is 26.1 Å². The van der Waals surface area contributed by atoms with Crippen LogP contribution in [0.1, 0.15) is 31.7 Å². The molecule has 0 aliphatic heterocycles. The van der Waals surface area contributed by atoms with Crippen molar-refractivity contribution in [2.24, 2.45) is 5.41 Å². The van der Waals surface area contributed by atoms with Gasteiger partial charge >= 0.3 is 0 Å². The summed E-state index contributed by atoms with van der Waals surface area (Å²) in [4.78, 5) is 10.2. The topological polar surface area (TPSA) is 43.1 Å². The Labute approximate surface area is 94.2 Å². The third-order valence-corrected chi connectivity index (χ3v) is 3.04. The lowest BCUT2D eigenvalue weighted by molar-refractivity contribution is -0.384. The third-order valence-electron chi connectivity index (χ3n) is 2.13. The molecule has 3 nitrogen and oxygen atoms in total. The van der Waals surface area contributed by atoms with E-state index in [1.165, 1.54) is 12.1 Å². The number of nitro benzene ring substituents is 1. The first-order valence-corrected chi connectivity index (χ1v) is 5.14. The molecular weight excluding hydrogens is 214 g/mol. The van der Waals surface area contributed by atoms with E-state index in [9.17, 15) is 10.1 Å². The Kier molecular flexibility index (Phi) is 3.35. The molecule has 1 aromatic carbocycles. The van der Waals surface area contributed by atoms with Crippen LogP contribution in [0.3, 0.4) is 0 Å². The Bertz CT molecular complexity index is 371. The van der Waals surface area contributed by atoms with Gasteiger partial charge in [-0.25, -0.2) is 0 Å². The predicted molar refractivity (Wildman–Crippen MR) is 61.1 cm³/mol. The fraction of sp³-hybridized carbons (Fsp3) is 0.455. The van der Waals surface area contributed by atoms with E-state index in [-0.39, 0.29) is 16.5 Å². The molecule has 0 saturated heterocycles. The molecule has 4 heteroatoms. The Balaban J connectivity index is 3.06. The summed E-state index contributed by atoms with van der Waals surface area (Å²) >= 11 is 6.24. The molecule has 0 saturated carbocycles. The Morgan fingerprint density at radius 2 is 2.00 bits per heavy atom. The van der Waals surface area contributed by atoms with Crippen molar-refractivity contribution in [3.63, 3.8) is 0 Å². The van der Waals surface area contributed by atoms with Crippen LogP contribution in [0.15, 0.2) is 24.3 Å². The fourth-order valence-corrected chi connectivity index (χ4v) is 1.43. The summed E-state index contributed by atoms with van der Waals surface area (Å²) in [5.41, 5.74) is 0.761. The summed E-state index contributed by atoms with van der Waals surface area (Å²) in [6.07, 6.45) is 0. The number of hydrogen-bond donors (Lipinski definition) is 0. The summed E-state index contributed by atoms with van der Waals surface area (Å²) in [6, 6.07) is 6.48. The maximum atomic E-state index is 10.6. The molecule has 15 heavy (non-hydrogen) atoms. The van der Waals surface area contributed by atoms with Crippen LogP contribution in [0.4, 0.5) is 5.69 Å². The molecule has 0 aliphatic carbocycles. The average molecular weight is 228 g/mol. The second kappa shape index (κ2) is 4.19. The lowest BCUT2D eigenvalue weighted by Crippen LogP contribution is -2.13. The summed E-state index contributed by atoms with van der Waals surface area (Å²) in [6.45, 7) is 6.01. The highest BCUT2D eigenvalue weighted by Crippen LogP contribution is 2.39. The molecule has 0 fully saturated rings. The van der Waals surface area contributed by atoms with Gasteiger partial charge in [0.1, 0.15) is 0 Å². The lowest BCUT2D eigenvalue weighted by atomic mass is 9.87. The molecule has 0 spiro atoms. The number of halogens is 1.